The summed E-state index contributed by atoms with van der Waals surface area (Å²) in [7, 11) is 2.15. The summed E-state index contributed by atoms with van der Waals surface area (Å²) in [6.07, 6.45) is 1.28. The Morgan fingerprint density at radius 1 is 1.32 bits per heavy atom. The maximum Gasteiger partial charge on any atom is 0.220 e. The van der Waals surface area contributed by atoms with E-state index >= 15 is 0 Å². The number of rotatable bonds is 6. The molecule has 5 heteroatoms. The van der Waals surface area contributed by atoms with Gasteiger partial charge < -0.3 is 16.0 Å². The Balaban J connectivity index is 2.31. The molecule has 19 heavy (non-hydrogen) atoms. The minimum Gasteiger partial charge on any atom is -0.354 e. The summed E-state index contributed by atoms with van der Waals surface area (Å²) in [4.78, 5) is 16.5. The molecule has 1 rings (SSSR count). The van der Waals surface area contributed by atoms with Crippen molar-refractivity contribution >= 4 is 5.91 Å². The Morgan fingerprint density at radius 2 is 1.89 bits per heavy atom. The van der Waals surface area contributed by atoms with Crippen molar-refractivity contribution in [1.82, 2.24) is 15.1 Å². The molecule has 0 aliphatic carbocycles. The number of nitrogens with one attached hydrogen (secondary N) is 1. The molecule has 1 amide bonds. The molecule has 0 radical (unpaired) electrons. The highest BCUT2D eigenvalue weighted by atomic mass is 16.1. The van der Waals surface area contributed by atoms with E-state index in [0.717, 1.165) is 32.6 Å². The van der Waals surface area contributed by atoms with Gasteiger partial charge in [-0.1, -0.05) is 0 Å². The van der Waals surface area contributed by atoms with Crippen LogP contribution in [-0.2, 0) is 4.79 Å². The minimum atomic E-state index is 0.0191. The molecule has 0 aromatic carbocycles. The first-order chi connectivity index (χ1) is 8.81. The molecule has 0 saturated carbocycles. The zero-order chi connectivity index (χ0) is 14.5. The van der Waals surface area contributed by atoms with Gasteiger partial charge in [-0.25, -0.2) is 0 Å². The summed E-state index contributed by atoms with van der Waals surface area (Å²) in [5, 5.41) is 3.04. The monoisotopic (exact) mass is 270 g/mol. The van der Waals surface area contributed by atoms with Crippen LogP contribution in [0.3, 0.4) is 0 Å². The maximum atomic E-state index is 11.7. The molecule has 0 spiro atoms. The van der Waals surface area contributed by atoms with Crippen molar-refractivity contribution in [3.63, 3.8) is 0 Å². The molecule has 1 unspecified atom stereocenters. The van der Waals surface area contributed by atoms with Crippen LogP contribution in [0.15, 0.2) is 0 Å². The van der Waals surface area contributed by atoms with Gasteiger partial charge in [-0.3, -0.25) is 9.69 Å². The van der Waals surface area contributed by atoms with Crippen LogP contribution in [0.25, 0.3) is 0 Å². The molecular weight excluding hydrogens is 240 g/mol. The van der Waals surface area contributed by atoms with Gasteiger partial charge >= 0.3 is 0 Å². The van der Waals surface area contributed by atoms with Gasteiger partial charge in [0.25, 0.3) is 0 Å². The molecule has 0 aromatic rings. The average Bonchev–Trinajstić information content (AvgIpc) is 2.34. The van der Waals surface area contributed by atoms with Crippen LogP contribution in [0.5, 0.6) is 0 Å². The van der Waals surface area contributed by atoms with Crippen molar-refractivity contribution in [2.24, 2.45) is 5.73 Å². The van der Waals surface area contributed by atoms with E-state index in [9.17, 15) is 4.79 Å². The minimum absolute atomic E-state index is 0.0191. The molecule has 0 aromatic heterocycles. The van der Waals surface area contributed by atoms with Gasteiger partial charge in [-0.15, -0.1) is 0 Å². The Kier molecular flexibility index (Phi) is 6.23. The number of hydrogen-bond acceptors (Lipinski definition) is 4. The summed E-state index contributed by atoms with van der Waals surface area (Å²) in [5.41, 5.74) is 5.68. The molecule has 5 nitrogen and oxygen atoms in total. The fourth-order valence-corrected chi connectivity index (χ4v) is 2.29. The number of amides is 1. The third-order valence-electron chi connectivity index (χ3n) is 3.90. The van der Waals surface area contributed by atoms with Gasteiger partial charge in [0.1, 0.15) is 0 Å². The standard InChI is InChI=1S/C14H30N4O/c1-12(15)5-6-13(19)16-11-14(2,3)18-9-7-17(4)8-10-18/h12H,5-11,15H2,1-4H3,(H,16,19). The number of nitrogens with zero attached hydrogens (tertiary/aromatic N) is 2. The van der Waals surface area contributed by atoms with Crippen molar-refractivity contribution in [2.75, 3.05) is 39.8 Å². The van der Waals surface area contributed by atoms with Gasteiger partial charge in [-0.2, -0.15) is 0 Å². The number of carbonyl (C=O) groups excluding carboxylic acids is 1. The lowest BCUT2D eigenvalue weighted by atomic mass is 10.0. The predicted octanol–water partition coefficient (Wildman–Crippen LogP) is 0.256. The third kappa shape index (κ3) is 5.89. The fraction of sp³-hybridized carbons (Fsp3) is 0.929. The van der Waals surface area contributed by atoms with Crippen molar-refractivity contribution in [1.29, 1.82) is 0 Å². The molecule has 1 saturated heterocycles. The molecule has 1 atom stereocenters. The molecule has 1 aliphatic rings. The van der Waals surface area contributed by atoms with E-state index < -0.39 is 0 Å². The smallest absolute Gasteiger partial charge is 0.220 e. The van der Waals surface area contributed by atoms with Crippen LogP contribution in [0.1, 0.15) is 33.6 Å². The number of hydrogen-bond donors (Lipinski definition) is 2. The molecule has 1 aliphatic heterocycles. The topological polar surface area (TPSA) is 61.6 Å². The lowest BCUT2D eigenvalue weighted by molar-refractivity contribution is -0.121. The Labute approximate surface area is 117 Å². The summed E-state index contributed by atoms with van der Waals surface area (Å²) >= 11 is 0. The van der Waals surface area contributed by atoms with Crippen molar-refractivity contribution in [2.45, 2.75) is 45.2 Å². The first-order valence-corrected chi connectivity index (χ1v) is 7.27. The SMILES string of the molecule is CC(N)CCC(=O)NCC(C)(C)N1CCN(C)CC1. The van der Waals surface area contributed by atoms with E-state index in [1.54, 1.807) is 0 Å². The highest BCUT2D eigenvalue weighted by molar-refractivity contribution is 5.75. The number of piperazine rings is 1. The molecule has 1 heterocycles. The predicted molar refractivity (Wildman–Crippen MR) is 79.0 cm³/mol. The summed E-state index contributed by atoms with van der Waals surface area (Å²) in [6.45, 7) is 11.4. The van der Waals surface area contributed by atoms with E-state index in [2.05, 4.69) is 36.0 Å². The zero-order valence-electron chi connectivity index (χ0n) is 12.9. The van der Waals surface area contributed by atoms with Gasteiger partial charge in [0.05, 0.1) is 0 Å². The first kappa shape index (κ1) is 16.4. The van der Waals surface area contributed by atoms with E-state index in [1.165, 1.54) is 0 Å². The molecule has 3 N–H and O–H groups in total. The van der Waals surface area contributed by atoms with Gasteiger partial charge in [0, 0.05) is 50.7 Å². The highest BCUT2D eigenvalue weighted by Crippen LogP contribution is 2.15. The number of likely N-dealkylation sites (N-methyl/N-ethyl adjacent to an activating group) is 1. The molecular formula is C14H30N4O. The second-order valence-corrected chi connectivity index (χ2v) is 6.40. The van der Waals surface area contributed by atoms with E-state index in [4.69, 9.17) is 5.73 Å². The van der Waals surface area contributed by atoms with Crippen LogP contribution in [0.4, 0.5) is 0 Å². The molecule has 1 fully saturated rings. The Hall–Kier alpha value is -0.650. The second-order valence-electron chi connectivity index (χ2n) is 6.40. The van der Waals surface area contributed by atoms with E-state index in [1.807, 2.05) is 6.92 Å². The van der Waals surface area contributed by atoms with Gasteiger partial charge in [0.2, 0.25) is 5.91 Å². The largest absolute Gasteiger partial charge is 0.354 e. The molecule has 0 bridgehead atoms. The van der Waals surface area contributed by atoms with Crippen LogP contribution < -0.4 is 11.1 Å². The van der Waals surface area contributed by atoms with Gasteiger partial charge in [-0.05, 0) is 34.2 Å². The Bertz CT molecular complexity index is 283. The zero-order valence-corrected chi connectivity index (χ0v) is 12.9. The summed E-state index contributed by atoms with van der Waals surface area (Å²) in [6, 6.07) is 0.0939. The van der Waals surface area contributed by atoms with Crippen molar-refractivity contribution < 1.29 is 4.79 Å². The molecule has 112 valence electrons. The second kappa shape index (κ2) is 7.22. The van der Waals surface area contributed by atoms with E-state index in [-0.39, 0.29) is 17.5 Å². The average molecular weight is 270 g/mol. The van der Waals surface area contributed by atoms with Crippen molar-refractivity contribution in [3.05, 3.63) is 0 Å². The highest BCUT2D eigenvalue weighted by Gasteiger charge is 2.29. The first-order valence-electron chi connectivity index (χ1n) is 7.27. The number of carbonyl (C=O) groups is 1. The third-order valence-corrected chi connectivity index (χ3v) is 3.90. The maximum absolute atomic E-state index is 11.7. The number of nitrogens with two attached hydrogens (primary N) is 1. The fourth-order valence-electron chi connectivity index (χ4n) is 2.29. The van der Waals surface area contributed by atoms with Crippen LogP contribution in [0, 0.1) is 0 Å². The summed E-state index contributed by atoms with van der Waals surface area (Å²) < 4.78 is 0. The van der Waals surface area contributed by atoms with Crippen molar-refractivity contribution in [3.8, 4) is 0 Å². The van der Waals surface area contributed by atoms with Crippen LogP contribution in [-0.4, -0.2) is 67.1 Å². The van der Waals surface area contributed by atoms with Crippen LogP contribution in [0.2, 0.25) is 0 Å². The lowest BCUT2D eigenvalue weighted by Gasteiger charge is -2.43. The van der Waals surface area contributed by atoms with E-state index in [0.29, 0.717) is 13.0 Å². The lowest BCUT2D eigenvalue weighted by Crippen LogP contribution is -2.57. The Morgan fingerprint density at radius 3 is 2.42 bits per heavy atom. The summed E-state index contributed by atoms with van der Waals surface area (Å²) in [5.74, 6) is 0.111. The van der Waals surface area contributed by atoms with Crippen LogP contribution >= 0.6 is 0 Å². The normalized spacial score (nSPS) is 20.3. The van der Waals surface area contributed by atoms with Gasteiger partial charge in [0.15, 0.2) is 0 Å². The quantitative estimate of drug-likeness (QED) is 0.726.